The molecule has 3 aromatic rings. The third-order valence-electron chi connectivity index (χ3n) is 6.05. The van der Waals surface area contributed by atoms with E-state index in [1.165, 1.54) is 10.9 Å². The Balaban J connectivity index is 1.43. The van der Waals surface area contributed by atoms with E-state index in [0.29, 0.717) is 18.0 Å². The topological polar surface area (TPSA) is 62.3 Å². The number of nitrogens with one attached hydrogen (secondary N) is 1. The van der Waals surface area contributed by atoms with Crippen LogP contribution >= 0.6 is 0 Å². The zero-order chi connectivity index (χ0) is 21.8. The monoisotopic (exact) mass is 415 g/mol. The average Bonchev–Trinajstić information content (AvgIpc) is 2.79. The van der Waals surface area contributed by atoms with Crippen LogP contribution in [0.1, 0.15) is 42.6 Å². The molecule has 160 valence electrons. The first-order valence-electron chi connectivity index (χ1n) is 10.9. The minimum Gasteiger partial charge on any atom is -0.340 e. The van der Waals surface area contributed by atoms with E-state index in [1.54, 1.807) is 26.0 Å². The number of hydrogen-bond donors (Lipinski definition) is 1. The summed E-state index contributed by atoms with van der Waals surface area (Å²) in [5.74, 6) is 0.140. The quantitative estimate of drug-likeness (QED) is 0.679. The zero-order valence-corrected chi connectivity index (χ0v) is 18.2. The minimum atomic E-state index is -0.960. The van der Waals surface area contributed by atoms with Crippen LogP contribution in [-0.4, -0.2) is 40.3 Å². The third kappa shape index (κ3) is 4.76. The number of rotatable bonds is 5. The number of carbonyl (C=O) groups excluding carboxylic acids is 2. The van der Waals surface area contributed by atoms with Gasteiger partial charge in [0.1, 0.15) is 5.54 Å². The third-order valence-corrected chi connectivity index (χ3v) is 6.05. The molecule has 1 aliphatic rings. The Bertz CT molecular complexity index is 1070. The van der Waals surface area contributed by atoms with Gasteiger partial charge in [0.25, 0.3) is 5.91 Å². The summed E-state index contributed by atoms with van der Waals surface area (Å²) < 4.78 is 0. The Hall–Kier alpha value is -3.21. The number of aromatic nitrogens is 1. The highest BCUT2D eigenvalue weighted by atomic mass is 16.2. The van der Waals surface area contributed by atoms with Crippen molar-refractivity contribution in [1.29, 1.82) is 0 Å². The molecule has 2 heterocycles. The van der Waals surface area contributed by atoms with Gasteiger partial charge in [-0.1, -0.05) is 36.4 Å². The molecule has 0 saturated carbocycles. The lowest BCUT2D eigenvalue weighted by Gasteiger charge is -2.38. The van der Waals surface area contributed by atoms with Crippen LogP contribution in [0.3, 0.4) is 0 Å². The Morgan fingerprint density at radius 1 is 1.06 bits per heavy atom. The van der Waals surface area contributed by atoms with Crippen LogP contribution in [0.2, 0.25) is 0 Å². The molecule has 1 saturated heterocycles. The molecule has 0 bridgehead atoms. The van der Waals surface area contributed by atoms with Crippen molar-refractivity contribution in [2.75, 3.05) is 13.1 Å². The van der Waals surface area contributed by atoms with Crippen LogP contribution in [0.4, 0.5) is 0 Å². The molecule has 0 spiro atoms. The van der Waals surface area contributed by atoms with E-state index >= 15 is 0 Å². The summed E-state index contributed by atoms with van der Waals surface area (Å²) in [6, 6.07) is 19.4. The lowest BCUT2D eigenvalue weighted by atomic mass is 9.88. The number of likely N-dealkylation sites (tertiary alicyclic amines) is 1. The summed E-state index contributed by atoms with van der Waals surface area (Å²) in [5.41, 5.74) is 1.89. The molecule has 1 atom stereocenters. The molecular weight excluding hydrogens is 386 g/mol. The van der Waals surface area contributed by atoms with Crippen molar-refractivity contribution < 1.29 is 9.59 Å². The van der Waals surface area contributed by atoms with Gasteiger partial charge in [0.05, 0.1) is 5.52 Å². The van der Waals surface area contributed by atoms with E-state index in [0.717, 1.165) is 31.3 Å². The molecule has 5 nitrogen and oxygen atoms in total. The second-order valence-electron chi connectivity index (χ2n) is 8.90. The second-order valence-corrected chi connectivity index (χ2v) is 8.90. The highest BCUT2D eigenvalue weighted by Gasteiger charge is 2.36. The summed E-state index contributed by atoms with van der Waals surface area (Å²) in [6.45, 7) is 5.02. The molecule has 31 heavy (non-hydrogen) atoms. The van der Waals surface area contributed by atoms with Gasteiger partial charge >= 0.3 is 0 Å². The van der Waals surface area contributed by atoms with E-state index in [1.807, 2.05) is 41.4 Å². The maximum atomic E-state index is 13.3. The van der Waals surface area contributed by atoms with Crippen molar-refractivity contribution in [2.24, 2.45) is 5.92 Å². The standard InChI is InChI=1S/C26H29N3O2/c1-26(2,28-24(30)20-10-4-3-5-11-20)25(31)29-16-8-9-19(18-29)17-21-12-6-14-23-22(21)13-7-15-27-23/h3-7,10-15,19H,8-9,16-18H2,1-2H3,(H,28,30). The molecule has 0 aliphatic carbocycles. The van der Waals surface area contributed by atoms with Gasteiger partial charge in [-0.25, -0.2) is 0 Å². The van der Waals surface area contributed by atoms with Crippen molar-refractivity contribution in [3.63, 3.8) is 0 Å². The molecule has 1 aliphatic heterocycles. The lowest BCUT2D eigenvalue weighted by molar-refractivity contribution is -0.138. The summed E-state index contributed by atoms with van der Waals surface area (Å²) in [5, 5.41) is 4.10. The zero-order valence-electron chi connectivity index (χ0n) is 18.2. The van der Waals surface area contributed by atoms with Crippen LogP contribution in [0.25, 0.3) is 10.9 Å². The van der Waals surface area contributed by atoms with Crippen LogP contribution in [0, 0.1) is 5.92 Å². The van der Waals surface area contributed by atoms with Gasteiger partial charge in [-0.2, -0.15) is 0 Å². The van der Waals surface area contributed by atoms with Crippen molar-refractivity contribution in [1.82, 2.24) is 15.2 Å². The fourth-order valence-electron chi connectivity index (χ4n) is 4.47. The number of benzene rings is 2. The smallest absolute Gasteiger partial charge is 0.252 e. The molecule has 4 rings (SSSR count). The van der Waals surface area contributed by atoms with E-state index in [2.05, 4.69) is 28.5 Å². The Labute approximate surface area is 183 Å². The summed E-state index contributed by atoms with van der Waals surface area (Å²) in [6.07, 6.45) is 4.81. The highest BCUT2D eigenvalue weighted by molar-refractivity contribution is 5.98. The molecule has 5 heteroatoms. The number of piperidine rings is 1. The van der Waals surface area contributed by atoms with E-state index < -0.39 is 5.54 Å². The maximum absolute atomic E-state index is 13.3. The minimum absolute atomic E-state index is 0.0268. The van der Waals surface area contributed by atoms with Crippen molar-refractivity contribution in [3.05, 3.63) is 78.0 Å². The summed E-state index contributed by atoms with van der Waals surface area (Å²) >= 11 is 0. The molecule has 1 fully saturated rings. The van der Waals surface area contributed by atoms with E-state index in [4.69, 9.17) is 0 Å². The van der Waals surface area contributed by atoms with Crippen LogP contribution in [0.5, 0.6) is 0 Å². The van der Waals surface area contributed by atoms with Crippen molar-refractivity contribution >= 4 is 22.7 Å². The molecular formula is C26H29N3O2. The van der Waals surface area contributed by atoms with Gasteiger partial charge in [0.2, 0.25) is 5.91 Å². The predicted molar refractivity (Wildman–Crippen MR) is 123 cm³/mol. The first-order valence-corrected chi connectivity index (χ1v) is 10.9. The predicted octanol–water partition coefficient (Wildman–Crippen LogP) is 4.22. The fraction of sp³-hybridized carbons (Fsp3) is 0.346. The van der Waals surface area contributed by atoms with Gasteiger partial charge in [0.15, 0.2) is 0 Å². The molecule has 0 radical (unpaired) electrons. The van der Waals surface area contributed by atoms with Gasteiger partial charge in [-0.05, 0) is 68.9 Å². The number of fused-ring (bicyclic) bond motifs is 1. The maximum Gasteiger partial charge on any atom is 0.252 e. The second kappa shape index (κ2) is 8.88. The van der Waals surface area contributed by atoms with Crippen LogP contribution in [0.15, 0.2) is 66.9 Å². The van der Waals surface area contributed by atoms with E-state index in [9.17, 15) is 9.59 Å². The Morgan fingerprint density at radius 3 is 2.68 bits per heavy atom. The normalized spacial score (nSPS) is 16.8. The molecule has 2 aromatic carbocycles. The van der Waals surface area contributed by atoms with Crippen LogP contribution in [-0.2, 0) is 11.2 Å². The SMILES string of the molecule is CC(C)(NC(=O)c1ccccc1)C(=O)N1CCCC(Cc2cccc3ncccc23)C1. The first-order chi connectivity index (χ1) is 14.9. The highest BCUT2D eigenvalue weighted by Crippen LogP contribution is 2.26. The summed E-state index contributed by atoms with van der Waals surface area (Å²) in [7, 11) is 0. The van der Waals surface area contributed by atoms with Gasteiger partial charge in [-0.15, -0.1) is 0 Å². The Kier molecular flexibility index (Phi) is 6.03. The van der Waals surface area contributed by atoms with Gasteiger partial charge in [-0.3, -0.25) is 14.6 Å². The summed E-state index contributed by atoms with van der Waals surface area (Å²) in [4.78, 5) is 32.3. The van der Waals surface area contributed by atoms with E-state index in [-0.39, 0.29) is 11.8 Å². The lowest BCUT2D eigenvalue weighted by Crippen LogP contribution is -2.57. The number of hydrogen-bond acceptors (Lipinski definition) is 3. The van der Waals surface area contributed by atoms with Gasteiger partial charge in [0, 0.05) is 30.2 Å². The molecule has 1 aromatic heterocycles. The van der Waals surface area contributed by atoms with Crippen LogP contribution < -0.4 is 5.32 Å². The average molecular weight is 416 g/mol. The Morgan fingerprint density at radius 2 is 1.87 bits per heavy atom. The number of carbonyl (C=O) groups is 2. The first kappa shape index (κ1) is 21.0. The molecule has 1 unspecified atom stereocenters. The van der Waals surface area contributed by atoms with Gasteiger partial charge < -0.3 is 10.2 Å². The molecule has 2 amide bonds. The van der Waals surface area contributed by atoms with Crippen molar-refractivity contribution in [3.8, 4) is 0 Å². The largest absolute Gasteiger partial charge is 0.340 e. The number of pyridine rings is 1. The number of nitrogens with zero attached hydrogens (tertiary/aromatic N) is 2. The number of amides is 2. The van der Waals surface area contributed by atoms with Crippen molar-refractivity contribution in [2.45, 2.75) is 38.6 Å². The fourth-order valence-corrected chi connectivity index (χ4v) is 4.47. The molecule has 1 N–H and O–H groups in total.